The molecule has 1 heterocycles. The van der Waals surface area contributed by atoms with Crippen LogP contribution in [0, 0.1) is 5.92 Å². The lowest BCUT2D eigenvalue weighted by atomic mass is 10.0. The highest BCUT2D eigenvalue weighted by atomic mass is 79.9. The van der Waals surface area contributed by atoms with Gasteiger partial charge >= 0.3 is 5.97 Å². The summed E-state index contributed by atoms with van der Waals surface area (Å²) >= 11 is 0. The molecule has 0 fully saturated rings. The highest BCUT2D eigenvalue weighted by molar-refractivity contribution is 5.69. The summed E-state index contributed by atoms with van der Waals surface area (Å²) in [6.07, 6.45) is 27.9. The van der Waals surface area contributed by atoms with Crippen LogP contribution in [0.1, 0.15) is 136 Å². The molecule has 1 atom stereocenters. The number of ether oxygens (including phenoxy) is 2. The molecule has 6 heteroatoms. The van der Waals surface area contributed by atoms with Gasteiger partial charge in [-0.1, -0.05) is 104 Å². The van der Waals surface area contributed by atoms with E-state index in [1.54, 1.807) is 0 Å². The first-order valence-corrected chi connectivity index (χ1v) is 16.5. The van der Waals surface area contributed by atoms with E-state index in [-0.39, 0.29) is 23.0 Å². The maximum absolute atomic E-state index is 12.2. The summed E-state index contributed by atoms with van der Waals surface area (Å²) in [5.74, 6) is 0.243. The zero-order chi connectivity index (χ0) is 28.4. The van der Waals surface area contributed by atoms with E-state index in [9.17, 15) is 4.79 Å². The zero-order valence-corrected chi connectivity index (χ0v) is 28.2. The van der Waals surface area contributed by atoms with Gasteiger partial charge in [-0.15, -0.1) is 0 Å². The Kier molecular flexibility index (Phi) is 27.2. The lowest BCUT2D eigenvalue weighted by Crippen LogP contribution is -3.00. The van der Waals surface area contributed by atoms with E-state index in [4.69, 9.17) is 9.47 Å². The smallest absolute Gasteiger partial charge is 0.305 e. The Labute approximate surface area is 258 Å². The van der Waals surface area contributed by atoms with Crippen molar-refractivity contribution < 1.29 is 35.8 Å². The van der Waals surface area contributed by atoms with Crippen LogP contribution in [0.25, 0.3) is 0 Å². The number of carbonyl (C=O) groups excluding carboxylic acids is 1. The third-order valence-electron chi connectivity index (χ3n) is 7.61. The van der Waals surface area contributed by atoms with Crippen molar-refractivity contribution in [3.63, 3.8) is 0 Å². The number of unbranched alkanes of at least 4 members (excludes halogenated alkanes) is 14. The normalized spacial score (nSPS) is 11.7. The highest BCUT2D eigenvalue weighted by Crippen LogP contribution is 2.14. The van der Waals surface area contributed by atoms with Gasteiger partial charge in [0.25, 0.3) is 0 Å². The summed E-state index contributed by atoms with van der Waals surface area (Å²) in [7, 11) is 4.09. The minimum atomic E-state index is -0.0731. The van der Waals surface area contributed by atoms with Gasteiger partial charge in [-0.3, -0.25) is 4.79 Å². The van der Waals surface area contributed by atoms with Gasteiger partial charge in [-0.05, 0) is 19.3 Å². The molecule has 0 spiro atoms. The molecular formula is C34H63BrN2O3. The molecule has 0 aliphatic carbocycles. The van der Waals surface area contributed by atoms with Crippen LogP contribution in [0.2, 0.25) is 0 Å². The monoisotopic (exact) mass is 626 g/mol. The number of pyridine rings is 1. The van der Waals surface area contributed by atoms with E-state index in [0.29, 0.717) is 25.6 Å². The molecule has 0 aliphatic heterocycles. The molecule has 5 nitrogen and oxygen atoms in total. The van der Waals surface area contributed by atoms with Gasteiger partial charge < -0.3 is 31.4 Å². The SMILES string of the molecule is CCCCCCCCCCCCCCCCOCC(CCC)COC(=O)CCCC[n+]1ccc(N(C)C)cc1.[Br-]. The number of esters is 1. The van der Waals surface area contributed by atoms with Gasteiger partial charge in [0, 0.05) is 57.3 Å². The number of halogens is 1. The summed E-state index contributed by atoms with van der Waals surface area (Å²) in [6, 6.07) is 4.23. The lowest BCUT2D eigenvalue weighted by molar-refractivity contribution is -0.697. The van der Waals surface area contributed by atoms with Crippen LogP contribution in [0.4, 0.5) is 5.69 Å². The number of carbonyl (C=O) groups is 1. The molecule has 1 aromatic rings. The molecule has 1 unspecified atom stereocenters. The average Bonchev–Trinajstić information content (AvgIpc) is 2.94. The maximum atomic E-state index is 12.2. The maximum Gasteiger partial charge on any atom is 0.305 e. The summed E-state index contributed by atoms with van der Waals surface area (Å²) in [4.78, 5) is 14.3. The predicted molar refractivity (Wildman–Crippen MR) is 165 cm³/mol. The number of aromatic nitrogens is 1. The Morgan fingerprint density at radius 2 is 1.30 bits per heavy atom. The van der Waals surface area contributed by atoms with Gasteiger partial charge in [0.15, 0.2) is 12.4 Å². The van der Waals surface area contributed by atoms with E-state index in [2.05, 4.69) is 47.8 Å². The fourth-order valence-electron chi connectivity index (χ4n) is 5.02. The first-order chi connectivity index (χ1) is 19.1. The standard InChI is InChI=1S/C34H63N2O3.BrH/c1-5-7-8-9-10-11-12-13-14-15-16-17-18-21-29-38-30-32(22-6-2)31-39-34(37)23-19-20-26-36-27-24-33(25-28-36)35(3)4;/h24-25,27-28,32H,5-23,26,29-31H2,1-4H3;1H/q+1;/p-1. The molecule has 1 rings (SSSR count). The first-order valence-electron chi connectivity index (χ1n) is 16.5. The third-order valence-corrected chi connectivity index (χ3v) is 7.61. The van der Waals surface area contributed by atoms with Gasteiger partial charge in [-0.25, -0.2) is 4.57 Å². The fourth-order valence-corrected chi connectivity index (χ4v) is 5.02. The lowest BCUT2D eigenvalue weighted by Gasteiger charge is -2.16. The third kappa shape index (κ3) is 22.5. The van der Waals surface area contributed by atoms with E-state index in [0.717, 1.165) is 45.3 Å². The van der Waals surface area contributed by atoms with Crippen LogP contribution < -0.4 is 26.4 Å². The van der Waals surface area contributed by atoms with Crippen molar-refractivity contribution in [1.82, 2.24) is 0 Å². The number of anilines is 1. The average molecular weight is 628 g/mol. The Morgan fingerprint density at radius 1 is 0.750 bits per heavy atom. The van der Waals surface area contributed by atoms with E-state index in [1.165, 1.54) is 89.2 Å². The topological polar surface area (TPSA) is 42.7 Å². The Hall–Kier alpha value is -1.14. The van der Waals surface area contributed by atoms with Gasteiger partial charge in [0.05, 0.1) is 13.2 Å². The van der Waals surface area contributed by atoms with Crippen LogP contribution >= 0.6 is 0 Å². The second-order valence-corrected chi connectivity index (χ2v) is 11.7. The minimum Gasteiger partial charge on any atom is -1.00 e. The van der Waals surface area contributed by atoms with E-state index in [1.807, 2.05) is 14.1 Å². The molecule has 1 aromatic heterocycles. The highest BCUT2D eigenvalue weighted by Gasteiger charge is 2.12. The molecule has 0 N–H and O–H groups in total. The van der Waals surface area contributed by atoms with Gasteiger partial charge in [0.2, 0.25) is 0 Å². The van der Waals surface area contributed by atoms with Gasteiger partial charge in [-0.2, -0.15) is 0 Å². The molecule has 234 valence electrons. The second kappa shape index (κ2) is 28.0. The van der Waals surface area contributed by atoms with Crippen LogP contribution in [0.3, 0.4) is 0 Å². The fraction of sp³-hybridized carbons (Fsp3) is 0.824. The summed E-state index contributed by atoms with van der Waals surface area (Å²) in [5, 5.41) is 0. The van der Waals surface area contributed by atoms with Crippen molar-refractivity contribution >= 4 is 11.7 Å². The number of aryl methyl sites for hydroxylation is 1. The van der Waals surface area contributed by atoms with E-state index < -0.39 is 0 Å². The van der Waals surface area contributed by atoms with Crippen molar-refractivity contribution in [3.05, 3.63) is 24.5 Å². The second-order valence-electron chi connectivity index (χ2n) is 11.7. The zero-order valence-electron chi connectivity index (χ0n) is 26.6. The number of hydrogen-bond acceptors (Lipinski definition) is 4. The minimum absolute atomic E-state index is 0. The summed E-state index contributed by atoms with van der Waals surface area (Å²) in [6.45, 7) is 7.43. The van der Waals surface area contributed by atoms with Crippen LogP contribution in [0.5, 0.6) is 0 Å². The summed E-state index contributed by atoms with van der Waals surface area (Å²) < 4.78 is 13.7. The van der Waals surface area contributed by atoms with Crippen molar-refractivity contribution in [3.8, 4) is 0 Å². The Balaban J connectivity index is 0.0000152. The van der Waals surface area contributed by atoms with Crippen molar-refractivity contribution in [2.24, 2.45) is 5.92 Å². The van der Waals surface area contributed by atoms with Crippen molar-refractivity contribution in [2.75, 3.05) is 38.8 Å². The number of nitrogens with zero attached hydrogens (tertiary/aromatic N) is 2. The molecule has 0 amide bonds. The Bertz CT molecular complexity index is 684. The van der Waals surface area contributed by atoms with Crippen LogP contribution in [0.15, 0.2) is 24.5 Å². The van der Waals surface area contributed by atoms with Crippen molar-refractivity contribution in [1.29, 1.82) is 0 Å². The van der Waals surface area contributed by atoms with Gasteiger partial charge in [0.1, 0.15) is 6.54 Å². The first kappa shape index (κ1) is 38.9. The molecule has 0 saturated carbocycles. The van der Waals surface area contributed by atoms with E-state index >= 15 is 0 Å². The Morgan fingerprint density at radius 3 is 1.82 bits per heavy atom. The summed E-state index contributed by atoms with van der Waals surface area (Å²) in [5.41, 5.74) is 1.19. The number of hydrogen-bond donors (Lipinski definition) is 0. The molecule has 0 aromatic carbocycles. The quantitative estimate of drug-likeness (QED) is 0.0717. The predicted octanol–water partition coefficient (Wildman–Crippen LogP) is 5.67. The largest absolute Gasteiger partial charge is 1.00 e. The molecule has 0 radical (unpaired) electrons. The van der Waals surface area contributed by atoms with Crippen molar-refractivity contribution in [2.45, 2.75) is 142 Å². The molecule has 0 saturated heterocycles. The van der Waals surface area contributed by atoms with Crippen LogP contribution in [-0.2, 0) is 20.8 Å². The molecule has 0 aliphatic rings. The number of rotatable bonds is 27. The van der Waals surface area contributed by atoms with Crippen LogP contribution in [-0.4, -0.2) is 39.9 Å². The molecule has 40 heavy (non-hydrogen) atoms. The molecule has 0 bridgehead atoms. The molecular weight excluding hydrogens is 564 g/mol.